The van der Waals surface area contributed by atoms with Crippen molar-refractivity contribution >= 4 is 34.4 Å². The van der Waals surface area contributed by atoms with Crippen LogP contribution in [0.4, 0.5) is 5.69 Å². The summed E-state index contributed by atoms with van der Waals surface area (Å²) in [5.41, 5.74) is 1.65. The first-order valence-corrected chi connectivity index (χ1v) is 9.54. The third-order valence-electron chi connectivity index (χ3n) is 4.33. The third-order valence-corrected chi connectivity index (χ3v) is 5.41. The largest absolute Gasteiger partial charge is 0.376 e. The minimum atomic E-state index is -0.403. The number of ether oxygens (including phenoxy) is 1. The molecule has 2 aromatic heterocycles. The van der Waals surface area contributed by atoms with Crippen LogP contribution in [0, 0.1) is 0 Å². The summed E-state index contributed by atoms with van der Waals surface area (Å²) in [6.45, 7) is 3.15. The van der Waals surface area contributed by atoms with Crippen molar-refractivity contribution < 1.29 is 9.53 Å². The van der Waals surface area contributed by atoms with Crippen LogP contribution in [0.3, 0.4) is 0 Å². The molecule has 3 aromatic rings. The van der Waals surface area contributed by atoms with Gasteiger partial charge in [-0.1, -0.05) is 11.8 Å². The van der Waals surface area contributed by atoms with Gasteiger partial charge in [0.1, 0.15) is 0 Å². The number of aromatic amines is 2. The summed E-state index contributed by atoms with van der Waals surface area (Å²) < 4.78 is 7.30. The Hall–Kier alpha value is -2.66. The molecule has 0 aliphatic carbocycles. The van der Waals surface area contributed by atoms with Gasteiger partial charge in [0.15, 0.2) is 0 Å². The van der Waals surface area contributed by atoms with Crippen LogP contribution in [0.1, 0.15) is 19.8 Å². The monoisotopic (exact) mass is 389 g/mol. The molecule has 0 unspecified atom stereocenters. The van der Waals surface area contributed by atoms with Crippen LogP contribution >= 0.6 is 11.8 Å². The van der Waals surface area contributed by atoms with Crippen molar-refractivity contribution in [2.24, 2.45) is 0 Å². The highest BCUT2D eigenvalue weighted by molar-refractivity contribution is 8.00. The maximum atomic E-state index is 12.5. The van der Waals surface area contributed by atoms with Crippen LogP contribution in [-0.4, -0.2) is 54.0 Å². The topological polar surface area (TPSA) is 131 Å². The molecule has 1 amide bonds. The van der Waals surface area contributed by atoms with E-state index in [-0.39, 0.29) is 17.7 Å². The highest BCUT2D eigenvalue weighted by atomic mass is 32.2. The van der Waals surface area contributed by atoms with Crippen molar-refractivity contribution in [2.75, 3.05) is 11.9 Å². The number of anilines is 1. The SMILES string of the molecule is C[C@H](Sc1nnnn1C[C@H]1CCCO1)C(=O)Nc1ccc2[nH]c(=O)[nH]c2c1. The Labute approximate surface area is 158 Å². The van der Waals surface area contributed by atoms with E-state index in [2.05, 4.69) is 30.8 Å². The molecular weight excluding hydrogens is 370 g/mol. The zero-order valence-electron chi connectivity index (χ0n) is 14.6. The molecule has 1 aliphatic rings. The van der Waals surface area contributed by atoms with Gasteiger partial charge in [0, 0.05) is 12.3 Å². The molecule has 11 heteroatoms. The molecule has 3 N–H and O–H groups in total. The van der Waals surface area contributed by atoms with E-state index < -0.39 is 5.25 Å². The normalized spacial score (nSPS) is 18.0. The lowest BCUT2D eigenvalue weighted by Gasteiger charge is -2.13. The number of amides is 1. The van der Waals surface area contributed by atoms with Crippen molar-refractivity contribution in [3.8, 4) is 0 Å². The van der Waals surface area contributed by atoms with Crippen LogP contribution in [-0.2, 0) is 16.1 Å². The Balaban J connectivity index is 1.40. The number of aromatic nitrogens is 6. The summed E-state index contributed by atoms with van der Waals surface area (Å²) in [4.78, 5) is 29.2. The Morgan fingerprint density at radius 3 is 3.11 bits per heavy atom. The summed E-state index contributed by atoms with van der Waals surface area (Å²) in [6, 6.07) is 5.19. The quantitative estimate of drug-likeness (QED) is 0.539. The van der Waals surface area contributed by atoms with E-state index in [1.807, 2.05) is 0 Å². The number of H-pyrrole nitrogens is 2. The Kier molecular flexibility index (Phi) is 4.94. The number of benzene rings is 1. The smallest absolute Gasteiger partial charge is 0.323 e. The molecule has 10 nitrogen and oxygen atoms in total. The third kappa shape index (κ3) is 4.03. The summed E-state index contributed by atoms with van der Waals surface area (Å²) in [5.74, 6) is -0.177. The lowest BCUT2D eigenvalue weighted by Crippen LogP contribution is -2.23. The predicted molar refractivity (Wildman–Crippen MR) is 99.7 cm³/mol. The van der Waals surface area contributed by atoms with Gasteiger partial charge in [-0.2, -0.15) is 0 Å². The number of imidazole rings is 1. The summed E-state index contributed by atoms with van der Waals surface area (Å²) >= 11 is 1.29. The van der Waals surface area contributed by atoms with E-state index in [1.165, 1.54) is 11.8 Å². The van der Waals surface area contributed by atoms with Gasteiger partial charge in [0.2, 0.25) is 11.1 Å². The molecule has 0 bridgehead atoms. The van der Waals surface area contributed by atoms with Crippen molar-refractivity contribution in [2.45, 2.75) is 42.8 Å². The second-order valence-corrected chi connectivity index (χ2v) is 7.68. The fourth-order valence-electron chi connectivity index (χ4n) is 2.94. The van der Waals surface area contributed by atoms with Gasteiger partial charge in [-0.3, -0.25) is 4.79 Å². The van der Waals surface area contributed by atoms with Crippen molar-refractivity contribution in [1.82, 2.24) is 30.2 Å². The number of hydrogen-bond acceptors (Lipinski definition) is 7. The number of nitrogens with zero attached hydrogens (tertiary/aromatic N) is 4. The molecule has 4 rings (SSSR count). The molecule has 1 aromatic carbocycles. The number of carbonyl (C=O) groups excluding carboxylic acids is 1. The molecule has 1 fully saturated rings. The number of rotatable bonds is 6. The molecule has 2 atom stereocenters. The first kappa shape index (κ1) is 17.7. The van der Waals surface area contributed by atoms with Crippen LogP contribution in [0.25, 0.3) is 11.0 Å². The van der Waals surface area contributed by atoms with E-state index in [9.17, 15) is 9.59 Å². The first-order valence-electron chi connectivity index (χ1n) is 8.66. The van der Waals surface area contributed by atoms with Crippen LogP contribution < -0.4 is 11.0 Å². The second kappa shape index (κ2) is 7.53. The Morgan fingerprint density at radius 1 is 1.44 bits per heavy atom. The number of nitrogens with one attached hydrogen (secondary N) is 3. The molecule has 27 heavy (non-hydrogen) atoms. The van der Waals surface area contributed by atoms with E-state index in [4.69, 9.17) is 4.74 Å². The van der Waals surface area contributed by atoms with Gasteiger partial charge in [-0.15, -0.1) is 5.10 Å². The van der Waals surface area contributed by atoms with Gasteiger partial charge < -0.3 is 20.0 Å². The van der Waals surface area contributed by atoms with Crippen LogP contribution in [0.5, 0.6) is 0 Å². The van der Waals surface area contributed by atoms with Gasteiger partial charge in [-0.25, -0.2) is 9.48 Å². The minimum absolute atomic E-state index is 0.118. The Bertz CT molecular complexity index is 1000. The average molecular weight is 389 g/mol. The first-order chi connectivity index (χ1) is 13.1. The summed E-state index contributed by atoms with van der Waals surface area (Å²) in [5, 5.41) is 14.8. The van der Waals surface area contributed by atoms with Crippen molar-refractivity contribution in [1.29, 1.82) is 0 Å². The average Bonchev–Trinajstić information content (AvgIpc) is 3.36. The predicted octanol–water partition coefficient (Wildman–Crippen LogP) is 1.14. The fraction of sp³-hybridized carbons (Fsp3) is 0.438. The van der Waals surface area contributed by atoms with Gasteiger partial charge in [0.05, 0.1) is 28.9 Å². The second-order valence-electron chi connectivity index (χ2n) is 6.37. The minimum Gasteiger partial charge on any atom is -0.376 e. The zero-order chi connectivity index (χ0) is 18.8. The maximum absolute atomic E-state index is 12.5. The van der Waals surface area contributed by atoms with Crippen LogP contribution in [0.15, 0.2) is 28.2 Å². The summed E-state index contributed by atoms with van der Waals surface area (Å²) in [7, 11) is 0. The van der Waals surface area contributed by atoms with E-state index in [0.29, 0.717) is 28.4 Å². The Morgan fingerprint density at radius 2 is 2.30 bits per heavy atom. The molecule has 142 valence electrons. The van der Waals surface area contributed by atoms with Crippen molar-refractivity contribution in [3.05, 3.63) is 28.7 Å². The standard InChI is InChI=1S/C16H19N7O3S/c1-9(27-16-20-21-22-23(16)8-11-3-2-6-26-11)14(24)17-10-4-5-12-13(7-10)19-15(25)18-12/h4-5,7,9,11H,2-3,6,8H2,1H3,(H,17,24)(H2,18,19,25)/t9-,11+/m0/s1. The van der Waals surface area contributed by atoms with E-state index in [1.54, 1.807) is 29.8 Å². The number of fused-ring (bicyclic) bond motifs is 1. The number of tetrazole rings is 1. The fourth-order valence-corrected chi connectivity index (χ4v) is 3.74. The van der Waals surface area contributed by atoms with Gasteiger partial charge in [-0.05, 0) is 48.4 Å². The maximum Gasteiger partial charge on any atom is 0.323 e. The molecule has 1 aliphatic heterocycles. The van der Waals surface area contributed by atoms with Gasteiger partial charge >= 0.3 is 5.69 Å². The number of thioether (sulfide) groups is 1. The van der Waals surface area contributed by atoms with E-state index >= 15 is 0 Å². The highest BCUT2D eigenvalue weighted by Crippen LogP contribution is 2.24. The number of carbonyl (C=O) groups is 1. The molecule has 0 spiro atoms. The zero-order valence-corrected chi connectivity index (χ0v) is 15.5. The van der Waals surface area contributed by atoms with E-state index in [0.717, 1.165) is 19.4 Å². The molecule has 1 saturated heterocycles. The van der Waals surface area contributed by atoms with Gasteiger partial charge in [0.25, 0.3) is 0 Å². The molecular formula is C16H19N7O3S. The lowest BCUT2D eigenvalue weighted by atomic mass is 10.2. The molecule has 3 heterocycles. The van der Waals surface area contributed by atoms with Crippen LogP contribution in [0.2, 0.25) is 0 Å². The van der Waals surface area contributed by atoms with Crippen molar-refractivity contribution in [3.63, 3.8) is 0 Å². The lowest BCUT2D eigenvalue weighted by molar-refractivity contribution is -0.115. The number of hydrogen-bond donors (Lipinski definition) is 3. The molecule has 0 radical (unpaired) electrons. The molecule has 0 saturated carbocycles. The summed E-state index contributed by atoms with van der Waals surface area (Å²) in [6.07, 6.45) is 2.15. The highest BCUT2D eigenvalue weighted by Gasteiger charge is 2.22.